The van der Waals surface area contributed by atoms with Gasteiger partial charge < -0.3 is 15.0 Å². The molecule has 5 heteroatoms. The van der Waals surface area contributed by atoms with E-state index in [4.69, 9.17) is 4.74 Å². The van der Waals surface area contributed by atoms with Crippen molar-refractivity contribution in [3.8, 4) is 0 Å². The van der Waals surface area contributed by atoms with Gasteiger partial charge in [0.25, 0.3) is 0 Å². The van der Waals surface area contributed by atoms with Gasteiger partial charge in [0.1, 0.15) is 0 Å². The molecule has 19 heavy (non-hydrogen) atoms. The Kier molecular flexibility index (Phi) is 6.07. The lowest BCUT2D eigenvalue weighted by atomic mass is 9.98. The lowest BCUT2D eigenvalue weighted by Gasteiger charge is -2.32. The smallest absolute Gasteiger partial charge is 0.236 e. The van der Waals surface area contributed by atoms with E-state index in [0.29, 0.717) is 18.4 Å². The highest BCUT2D eigenvalue weighted by Gasteiger charge is 2.23. The standard InChI is InChI=1S/C14H27N3O2/c1-19-12-13-3-8-16(9-4-13)11-14(18)17-7-2-5-15-6-10-17/h13,15H,2-12H2,1H3. The molecule has 0 aromatic rings. The summed E-state index contributed by atoms with van der Waals surface area (Å²) in [5, 5.41) is 3.33. The van der Waals surface area contributed by atoms with Gasteiger partial charge >= 0.3 is 0 Å². The molecule has 2 fully saturated rings. The third kappa shape index (κ3) is 4.75. The van der Waals surface area contributed by atoms with Gasteiger partial charge in [0.2, 0.25) is 5.91 Å². The number of nitrogens with one attached hydrogen (secondary N) is 1. The Morgan fingerprint density at radius 1 is 1.21 bits per heavy atom. The van der Waals surface area contributed by atoms with Gasteiger partial charge in [-0.15, -0.1) is 0 Å². The number of carbonyl (C=O) groups excluding carboxylic acids is 1. The molecular formula is C14H27N3O2. The highest BCUT2D eigenvalue weighted by atomic mass is 16.5. The number of hydrogen-bond donors (Lipinski definition) is 1. The molecule has 2 aliphatic heterocycles. The van der Waals surface area contributed by atoms with E-state index in [1.807, 2.05) is 4.90 Å². The van der Waals surface area contributed by atoms with Crippen LogP contribution in [0, 0.1) is 5.92 Å². The molecule has 0 atom stereocenters. The molecule has 0 radical (unpaired) electrons. The van der Waals surface area contributed by atoms with E-state index < -0.39 is 0 Å². The van der Waals surface area contributed by atoms with Crippen molar-refractivity contribution in [3.05, 3.63) is 0 Å². The molecule has 2 heterocycles. The van der Waals surface area contributed by atoms with Crippen molar-refractivity contribution in [1.82, 2.24) is 15.1 Å². The molecule has 2 aliphatic rings. The molecule has 0 aliphatic carbocycles. The van der Waals surface area contributed by atoms with Crippen molar-refractivity contribution in [2.45, 2.75) is 19.3 Å². The maximum Gasteiger partial charge on any atom is 0.236 e. The van der Waals surface area contributed by atoms with Gasteiger partial charge in [0.15, 0.2) is 0 Å². The predicted molar refractivity (Wildman–Crippen MR) is 75.1 cm³/mol. The van der Waals surface area contributed by atoms with Crippen LogP contribution in [0.25, 0.3) is 0 Å². The number of nitrogens with zero attached hydrogens (tertiary/aromatic N) is 2. The van der Waals surface area contributed by atoms with Crippen LogP contribution in [-0.2, 0) is 9.53 Å². The summed E-state index contributed by atoms with van der Waals surface area (Å²) in [6.07, 6.45) is 3.38. The van der Waals surface area contributed by atoms with Gasteiger partial charge in [-0.2, -0.15) is 0 Å². The fourth-order valence-electron chi connectivity index (χ4n) is 2.93. The van der Waals surface area contributed by atoms with Gasteiger partial charge in [0.05, 0.1) is 6.54 Å². The van der Waals surface area contributed by atoms with Gasteiger partial charge in [-0.1, -0.05) is 0 Å². The number of rotatable bonds is 4. The number of carbonyl (C=O) groups is 1. The first kappa shape index (κ1) is 14.8. The van der Waals surface area contributed by atoms with Gasteiger partial charge in [-0.25, -0.2) is 0 Å². The van der Waals surface area contributed by atoms with Crippen LogP contribution in [0.4, 0.5) is 0 Å². The molecule has 0 spiro atoms. The van der Waals surface area contributed by atoms with Crippen molar-refractivity contribution in [3.63, 3.8) is 0 Å². The van der Waals surface area contributed by atoms with Gasteiger partial charge in [-0.05, 0) is 44.8 Å². The average Bonchev–Trinajstić information content (AvgIpc) is 2.70. The summed E-state index contributed by atoms with van der Waals surface area (Å²) in [6.45, 7) is 7.26. The first-order valence-electron chi connectivity index (χ1n) is 7.49. The Balaban J connectivity index is 1.70. The number of hydrogen-bond acceptors (Lipinski definition) is 4. The van der Waals surface area contributed by atoms with E-state index in [1.54, 1.807) is 7.11 Å². The SMILES string of the molecule is COCC1CCN(CC(=O)N2CCCNCC2)CC1. The van der Waals surface area contributed by atoms with Crippen LogP contribution in [0.15, 0.2) is 0 Å². The molecule has 0 unspecified atom stereocenters. The summed E-state index contributed by atoms with van der Waals surface area (Å²) in [4.78, 5) is 16.6. The van der Waals surface area contributed by atoms with Crippen molar-refractivity contribution < 1.29 is 9.53 Å². The molecule has 0 aromatic heterocycles. The third-order valence-corrected chi connectivity index (χ3v) is 4.16. The molecule has 0 aromatic carbocycles. The van der Waals surface area contributed by atoms with Crippen LogP contribution in [0.5, 0.6) is 0 Å². The zero-order valence-electron chi connectivity index (χ0n) is 12.1. The Morgan fingerprint density at radius 2 is 2.00 bits per heavy atom. The predicted octanol–water partition coefficient (Wildman–Crippen LogP) is 0.167. The zero-order valence-corrected chi connectivity index (χ0v) is 12.1. The maximum atomic E-state index is 12.3. The minimum Gasteiger partial charge on any atom is -0.384 e. The molecule has 0 bridgehead atoms. The molecule has 1 N–H and O–H groups in total. The van der Waals surface area contributed by atoms with Crippen molar-refractivity contribution in [1.29, 1.82) is 0 Å². The Bertz CT molecular complexity index is 270. The quantitative estimate of drug-likeness (QED) is 0.790. The number of ether oxygens (including phenoxy) is 1. The van der Waals surface area contributed by atoms with Crippen molar-refractivity contribution >= 4 is 5.91 Å². The fourth-order valence-corrected chi connectivity index (χ4v) is 2.93. The Labute approximate surface area is 116 Å². The van der Waals surface area contributed by atoms with Crippen LogP contribution in [0.1, 0.15) is 19.3 Å². The summed E-state index contributed by atoms with van der Waals surface area (Å²) in [6, 6.07) is 0. The molecule has 0 saturated carbocycles. The Hall–Kier alpha value is -0.650. The number of likely N-dealkylation sites (tertiary alicyclic amines) is 1. The second-order valence-electron chi connectivity index (χ2n) is 5.66. The number of amides is 1. The average molecular weight is 269 g/mol. The molecule has 2 rings (SSSR count). The molecule has 5 nitrogen and oxygen atoms in total. The summed E-state index contributed by atoms with van der Waals surface area (Å²) in [5.74, 6) is 0.979. The van der Waals surface area contributed by atoms with Gasteiger partial charge in [-0.3, -0.25) is 9.69 Å². The highest BCUT2D eigenvalue weighted by Crippen LogP contribution is 2.17. The molecule has 2 saturated heterocycles. The minimum absolute atomic E-state index is 0.300. The Morgan fingerprint density at radius 3 is 2.74 bits per heavy atom. The summed E-state index contributed by atoms with van der Waals surface area (Å²) in [5.41, 5.74) is 0. The highest BCUT2D eigenvalue weighted by molar-refractivity contribution is 5.78. The van der Waals surface area contributed by atoms with E-state index in [1.165, 1.54) is 0 Å². The second-order valence-corrected chi connectivity index (χ2v) is 5.66. The van der Waals surface area contributed by atoms with Gasteiger partial charge in [0, 0.05) is 33.4 Å². The first-order chi connectivity index (χ1) is 9.29. The van der Waals surface area contributed by atoms with E-state index in [0.717, 1.165) is 65.1 Å². The van der Waals surface area contributed by atoms with E-state index in [-0.39, 0.29) is 0 Å². The monoisotopic (exact) mass is 269 g/mol. The van der Waals surface area contributed by atoms with E-state index in [9.17, 15) is 4.79 Å². The van der Waals surface area contributed by atoms with Crippen LogP contribution < -0.4 is 5.32 Å². The summed E-state index contributed by atoms with van der Waals surface area (Å²) in [7, 11) is 1.77. The van der Waals surface area contributed by atoms with Crippen LogP contribution in [0.2, 0.25) is 0 Å². The van der Waals surface area contributed by atoms with E-state index in [2.05, 4.69) is 10.2 Å². The lowest BCUT2D eigenvalue weighted by Crippen LogP contribution is -2.44. The van der Waals surface area contributed by atoms with Crippen LogP contribution in [0.3, 0.4) is 0 Å². The van der Waals surface area contributed by atoms with Crippen LogP contribution in [-0.4, -0.2) is 75.2 Å². The molecular weight excluding hydrogens is 242 g/mol. The van der Waals surface area contributed by atoms with Crippen molar-refractivity contribution in [2.75, 3.05) is 59.5 Å². The second kappa shape index (κ2) is 7.82. The third-order valence-electron chi connectivity index (χ3n) is 4.16. The van der Waals surface area contributed by atoms with Crippen LogP contribution >= 0.6 is 0 Å². The molecule has 1 amide bonds. The minimum atomic E-state index is 0.300. The molecule has 110 valence electrons. The normalized spacial score (nSPS) is 23.3. The summed E-state index contributed by atoms with van der Waals surface area (Å²) < 4.78 is 5.21. The topological polar surface area (TPSA) is 44.8 Å². The lowest BCUT2D eigenvalue weighted by molar-refractivity contribution is -0.132. The number of methoxy groups -OCH3 is 1. The fraction of sp³-hybridized carbons (Fsp3) is 0.929. The van der Waals surface area contributed by atoms with E-state index >= 15 is 0 Å². The maximum absolute atomic E-state index is 12.3. The number of piperidine rings is 1. The first-order valence-corrected chi connectivity index (χ1v) is 7.49. The van der Waals surface area contributed by atoms with Crippen molar-refractivity contribution in [2.24, 2.45) is 5.92 Å². The zero-order chi connectivity index (χ0) is 13.5. The summed E-state index contributed by atoms with van der Waals surface area (Å²) >= 11 is 0. The largest absolute Gasteiger partial charge is 0.384 e.